The molecule has 1 aromatic carbocycles. The molecule has 0 unspecified atom stereocenters. The van der Waals surface area contributed by atoms with Crippen molar-refractivity contribution in [2.75, 3.05) is 11.9 Å². The number of urea groups is 1. The first-order chi connectivity index (χ1) is 9.92. The summed E-state index contributed by atoms with van der Waals surface area (Å²) in [7, 11) is 0. The Labute approximate surface area is 119 Å². The number of β-amino-alcohol motifs (C(OH)–C–C–N with tert-alkyl or cyclic N) is 1. The Morgan fingerprint density at radius 2 is 2.19 bits per heavy atom. The summed E-state index contributed by atoms with van der Waals surface area (Å²) in [6, 6.07) is 3.29. The lowest BCUT2D eigenvalue weighted by Crippen LogP contribution is -2.43. The third-order valence-electron chi connectivity index (χ3n) is 3.16. The third-order valence-corrected chi connectivity index (χ3v) is 3.16. The van der Waals surface area contributed by atoms with Gasteiger partial charge in [0.2, 0.25) is 0 Å². The molecule has 8 heteroatoms. The Morgan fingerprint density at radius 3 is 2.76 bits per heavy atom. The molecule has 1 aliphatic rings. The number of nitrogens with zero attached hydrogens (tertiary/aromatic N) is 2. The SMILES string of the molecule is N#Cc1ccc(NC(=O)N2C[C@@H](O)C[C@H]2C(=O)O)c(F)c1. The molecule has 2 amide bonds. The van der Waals surface area contributed by atoms with E-state index < -0.39 is 30.0 Å². The lowest BCUT2D eigenvalue weighted by atomic mass is 10.2. The second-order valence-electron chi connectivity index (χ2n) is 4.63. The van der Waals surface area contributed by atoms with Gasteiger partial charge in [0.25, 0.3) is 0 Å². The second-order valence-corrected chi connectivity index (χ2v) is 4.63. The van der Waals surface area contributed by atoms with Crippen molar-refractivity contribution in [2.24, 2.45) is 0 Å². The molecule has 1 aromatic rings. The van der Waals surface area contributed by atoms with E-state index in [2.05, 4.69) is 5.32 Å². The van der Waals surface area contributed by atoms with Gasteiger partial charge < -0.3 is 20.4 Å². The van der Waals surface area contributed by atoms with Gasteiger partial charge in [-0.15, -0.1) is 0 Å². The number of halogens is 1. The summed E-state index contributed by atoms with van der Waals surface area (Å²) in [5.74, 6) is -2.03. The van der Waals surface area contributed by atoms with Crippen molar-refractivity contribution in [2.45, 2.75) is 18.6 Å². The van der Waals surface area contributed by atoms with E-state index in [0.29, 0.717) is 0 Å². The van der Waals surface area contributed by atoms with Crippen molar-refractivity contribution in [1.29, 1.82) is 5.26 Å². The monoisotopic (exact) mass is 293 g/mol. The van der Waals surface area contributed by atoms with Gasteiger partial charge in [0.1, 0.15) is 11.9 Å². The van der Waals surface area contributed by atoms with Crippen molar-refractivity contribution in [3.05, 3.63) is 29.6 Å². The fourth-order valence-electron chi connectivity index (χ4n) is 2.15. The van der Waals surface area contributed by atoms with Gasteiger partial charge in [0, 0.05) is 13.0 Å². The summed E-state index contributed by atoms with van der Waals surface area (Å²) in [6.45, 7) is -0.138. The average molecular weight is 293 g/mol. The molecule has 1 saturated heterocycles. The zero-order valence-electron chi connectivity index (χ0n) is 10.8. The molecule has 21 heavy (non-hydrogen) atoms. The number of nitriles is 1. The molecule has 2 atom stereocenters. The zero-order chi connectivity index (χ0) is 15.6. The van der Waals surface area contributed by atoms with Crippen molar-refractivity contribution in [3.8, 4) is 6.07 Å². The number of carbonyl (C=O) groups excluding carboxylic acids is 1. The predicted octanol–water partition coefficient (Wildman–Crippen LogP) is 0.749. The van der Waals surface area contributed by atoms with E-state index in [9.17, 15) is 19.1 Å². The minimum Gasteiger partial charge on any atom is -0.480 e. The van der Waals surface area contributed by atoms with Crippen LogP contribution in [-0.2, 0) is 4.79 Å². The maximum Gasteiger partial charge on any atom is 0.326 e. The van der Waals surface area contributed by atoms with Gasteiger partial charge in [0.05, 0.1) is 23.4 Å². The number of rotatable bonds is 2. The molecule has 0 aliphatic carbocycles. The van der Waals surface area contributed by atoms with Crippen molar-refractivity contribution in [1.82, 2.24) is 4.90 Å². The molecule has 7 nitrogen and oxygen atoms in total. The molecule has 0 spiro atoms. The summed E-state index contributed by atoms with van der Waals surface area (Å²) < 4.78 is 13.7. The molecule has 110 valence electrons. The number of carbonyl (C=O) groups is 2. The van der Waals surface area contributed by atoms with E-state index in [1.165, 1.54) is 12.1 Å². The van der Waals surface area contributed by atoms with Gasteiger partial charge >= 0.3 is 12.0 Å². The van der Waals surface area contributed by atoms with Crippen molar-refractivity contribution < 1.29 is 24.2 Å². The molecule has 0 bridgehead atoms. The minimum atomic E-state index is -1.23. The van der Waals surface area contributed by atoms with E-state index in [0.717, 1.165) is 11.0 Å². The Balaban J connectivity index is 2.14. The summed E-state index contributed by atoms with van der Waals surface area (Å²) in [6.07, 6.45) is -0.999. The minimum absolute atomic E-state index is 0.0708. The number of benzene rings is 1. The quantitative estimate of drug-likeness (QED) is 0.744. The van der Waals surface area contributed by atoms with Crippen molar-refractivity contribution >= 4 is 17.7 Å². The fraction of sp³-hybridized carbons (Fsp3) is 0.308. The van der Waals surface area contributed by atoms with Crippen LogP contribution in [0.1, 0.15) is 12.0 Å². The Hall–Kier alpha value is -2.66. The number of hydrogen-bond donors (Lipinski definition) is 3. The largest absolute Gasteiger partial charge is 0.480 e. The Kier molecular flexibility index (Phi) is 4.05. The number of anilines is 1. The van der Waals surface area contributed by atoms with Gasteiger partial charge in [-0.3, -0.25) is 0 Å². The number of aliphatic hydroxyl groups is 1. The van der Waals surface area contributed by atoms with Gasteiger partial charge in [-0.25, -0.2) is 14.0 Å². The third kappa shape index (κ3) is 3.09. The topological polar surface area (TPSA) is 114 Å². The maximum atomic E-state index is 13.7. The van der Waals surface area contributed by atoms with Crippen LogP contribution in [0.3, 0.4) is 0 Å². The molecule has 0 saturated carbocycles. The van der Waals surface area contributed by atoms with Crippen LogP contribution < -0.4 is 5.32 Å². The molecular formula is C13H12FN3O4. The van der Waals surface area contributed by atoms with Crippen LogP contribution >= 0.6 is 0 Å². The second kappa shape index (κ2) is 5.76. The molecule has 1 heterocycles. The van der Waals surface area contributed by atoms with Crippen LogP contribution in [0.15, 0.2) is 18.2 Å². The number of hydrogen-bond acceptors (Lipinski definition) is 4. The van der Waals surface area contributed by atoms with Crippen LogP contribution in [-0.4, -0.2) is 45.8 Å². The molecule has 2 rings (SSSR count). The summed E-state index contributed by atoms with van der Waals surface area (Å²) in [4.78, 5) is 23.9. The van der Waals surface area contributed by atoms with Crippen LogP contribution in [0.4, 0.5) is 14.9 Å². The number of aliphatic carboxylic acids is 1. The van der Waals surface area contributed by atoms with Crippen LogP contribution in [0.25, 0.3) is 0 Å². The first-order valence-electron chi connectivity index (χ1n) is 6.10. The average Bonchev–Trinajstić information content (AvgIpc) is 2.83. The molecular weight excluding hydrogens is 281 g/mol. The first kappa shape index (κ1) is 14.7. The Morgan fingerprint density at radius 1 is 1.48 bits per heavy atom. The number of carboxylic acids is 1. The lowest BCUT2D eigenvalue weighted by Gasteiger charge is -2.21. The van der Waals surface area contributed by atoms with E-state index in [1.807, 2.05) is 0 Å². The number of nitrogens with one attached hydrogen (secondary N) is 1. The molecule has 0 radical (unpaired) electrons. The van der Waals surface area contributed by atoms with Gasteiger partial charge in [-0.2, -0.15) is 5.26 Å². The van der Waals surface area contributed by atoms with Gasteiger partial charge in [-0.05, 0) is 18.2 Å². The number of carboxylic acid groups (broad SMARTS) is 1. The molecule has 0 aromatic heterocycles. The summed E-state index contributed by atoms with van der Waals surface area (Å²) in [5, 5.41) is 29.3. The maximum absolute atomic E-state index is 13.7. The van der Waals surface area contributed by atoms with Gasteiger partial charge in [0.15, 0.2) is 0 Å². The number of amides is 2. The molecule has 3 N–H and O–H groups in total. The number of aliphatic hydroxyl groups excluding tert-OH is 1. The zero-order valence-corrected chi connectivity index (χ0v) is 10.8. The predicted molar refractivity (Wildman–Crippen MR) is 68.9 cm³/mol. The highest BCUT2D eigenvalue weighted by atomic mass is 19.1. The van der Waals surface area contributed by atoms with Crippen LogP contribution in [0, 0.1) is 17.1 Å². The van der Waals surface area contributed by atoms with Gasteiger partial charge in [-0.1, -0.05) is 0 Å². The smallest absolute Gasteiger partial charge is 0.326 e. The first-order valence-corrected chi connectivity index (χ1v) is 6.10. The standard InChI is InChI=1S/C13H12FN3O4/c14-9-3-7(5-15)1-2-10(9)16-13(21)17-6-8(18)4-11(17)12(19)20/h1-3,8,11,18H,4,6H2,(H,16,21)(H,19,20)/t8-,11-/m0/s1. The highest BCUT2D eigenvalue weighted by Gasteiger charge is 2.39. The molecule has 1 aliphatic heterocycles. The summed E-state index contributed by atoms with van der Waals surface area (Å²) >= 11 is 0. The van der Waals surface area contributed by atoms with E-state index >= 15 is 0 Å². The highest BCUT2D eigenvalue weighted by molar-refractivity contribution is 5.93. The fourth-order valence-corrected chi connectivity index (χ4v) is 2.15. The highest BCUT2D eigenvalue weighted by Crippen LogP contribution is 2.21. The lowest BCUT2D eigenvalue weighted by molar-refractivity contribution is -0.141. The van der Waals surface area contributed by atoms with E-state index in [-0.39, 0.29) is 24.2 Å². The molecule has 1 fully saturated rings. The summed E-state index contributed by atoms with van der Waals surface area (Å²) in [5.41, 5.74) is -0.0602. The normalized spacial score (nSPS) is 20.9. The Bertz CT molecular complexity index is 628. The van der Waals surface area contributed by atoms with Crippen molar-refractivity contribution in [3.63, 3.8) is 0 Å². The van der Waals surface area contributed by atoms with Crippen LogP contribution in [0.2, 0.25) is 0 Å². The van der Waals surface area contributed by atoms with Crippen LogP contribution in [0.5, 0.6) is 0 Å². The number of likely N-dealkylation sites (tertiary alicyclic amines) is 1. The van der Waals surface area contributed by atoms with E-state index in [1.54, 1.807) is 6.07 Å². The van der Waals surface area contributed by atoms with E-state index in [4.69, 9.17) is 10.4 Å².